The fourth-order valence-corrected chi connectivity index (χ4v) is 2.26. The number of hydrogen-bond acceptors (Lipinski definition) is 4. The van der Waals surface area contributed by atoms with E-state index in [0.29, 0.717) is 5.75 Å². The number of phenols is 1. The smallest absolute Gasteiger partial charge is 0.234 e. The van der Waals surface area contributed by atoms with E-state index < -0.39 is 0 Å². The quantitative estimate of drug-likeness (QED) is 0.830. The highest BCUT2D eigenvalue weighted by molar-refractivity contribution is 8.00. The van der Waals surface area contributed by atoms with Crippen molar-refractivity contribution in [2.45, 2.75) is 4.90 Å². The summed E-state index contributed by atoms with van der Waals surface area (Å²) in [5, 5.41) is 12.0. The summed E-state index contributed by atoms with van der Waals surface area (Å²) in [5.74, 6) is 1.21. The molecule has 0 radical (unpaired) electrons. The first-order chi connectivity index (χ1) is 9.67. The second kappa shape index (κ2) is 6.86. The van der Waals surface area contributed by atoms with Gasteiger partial charge in [-0.2, -0.15) is 0 Å². The van der Waals surface area contributed by atoms with Crippen LogP contribution in [0.3, 0.4) is 0 Å². The molecule has 0 atom stereocenters. The number of thioether (sulfide) groups is 1. The number of rotatable bonds is 5. The third kappa shape index (κ3) is 4.20. The van der Waals surface area contributed by atoms with Gasteiger partial charge in [-0.3, -0.25) is 4.79 Å². The first kappa shape index (κ1) is 14.3. The molecule has 0 aliphatic rings. The van der Waals surface area contributed by atoms with Gasteiger partial charge < -0.3 is 15.2 Å². The minimum Gasteiger partial charge on any atom is -0.508 e. The number of methoxy groups -OCH3 is 1. The molecule has 2 rings (SSSR count). The molecule has 0 aliphatic carbocycles. The van der Waals surface area contributed by atoms with Crippen molar-refractivity contribution < 1.29 is 14.6 Å². The molecule has 0 unspecified atom stereocenters. The molecule has 0 bridgehead atoms. The Morgan fingerprint density at radius 1 is 1.15 bits per heavy atom. The second-order valence-electron chi connectivity index (χ2n) is 4.06. The standard InChI is InChI=1S/C15H15NO3S/c1-19-13-6-2-11(3-7-13)16-15(18)10-20-14-8-4-12(17)5-9-14/h2-9,17H,10H2,1H3,(H,16,18). The highest BCUT2D eigenvalue weighted by atomic mass is 32.2. The maximum absolute atomic E-state index is 11.8. The van der Waals surface area contributed by atoms with E-state index in [9.17, 15) is 9.90 Å². The summed E-state index contributed by atoms with van der Waals surface area (Å²) >= 11 is 1.42. The fourth-order valence-electron chi connectivity index (χ4n) is 1.56. The Morgan fingerprint density at radius 3 is 2.40 bits per heavy atom. The molecule has 0 saturated carbocycles. The molecular formula is C15H15NO3S. The van der Waals surface area contributed by atoms with Crippen LogP contribution in [0, 0.1) is 0 Å². The highest BCUT2D eigenvalue weighted by Crippen LogP contribution is 2.21. The van der Waals surface area contributed by atoms with Gasteiger partial charge in [0.15, 0.2) is 0 Å². The Kier molecular flexibility index (Phi) is 4.90. The zero-order valence-corrected chi connectivity index (χ0v) is 11.8. The lowest BCUT2D eigenvalue weighted by atomic mass is 10.3. The van der Waals surface area contributed by atoms with Gasteiger partial charge in [0, 0.05) is 10.6 Å². The van der Waals surface area contributed by atoms with Crippen molar-refractivity contribution >= 4 is 23.4 Å². The molecule has 5 heteroatoms. The number of amides is 1. The van der Waals surface area contributed by atoms with Gasteiger partial charge in [0.1, 0.15) is 11.5 Å². The van der Waals surface area contributed by atoms with E-state index in [4.69, 9.17) is 4.74 Å². The Bertz CT molecular complexity index is 567. The SMILES string of the molecule is COc1ccc(NC(=O)CSc2ccc(O)cc2)cc1. The monoisotopic (exact) mass is 289 g/mol. The maximum atomic E-state index is 11.8. The van der Waals surface area contributed by atoms with E-state index in [1.54, 1.807) is 55.6 Å². The van der Waals surface area contributed by atoms with Crippen molar-refractivity contribution in [3.8, 4) is 11.5 Å². The van der Waals surface area contributed by atoms with Gasteiger partial charge in [0.2, 0.25) is 5.91 Å². The molecule has 0 aromatic heterocycles. The molecule has 2 N–H and O–H groups in total. The lowest BCUT2D eigenvalue weighted by Gasteiger charge is -2.06. The van der Waals surface area contributed by atoms with E-state index >= 15 is 0 Å². The Morgan fingerprint density at radius 2 is 1.80 bits per heavy atom. The first-order valence-corrected chi connectivity index (χ1v) is 7.01. The topological polar surface area (TPSA) is 58.6 Å². The molecule has 104 valence electrons. The average Bonchev–Trinajstić information content (AvgIpc) is 2.47. The summed E-state index contributed by atoms with van der Waals surface area (Å²) < 4.78 is 5.05. The number of aromatic hydroxyl groups is 1. The lowest BCUT2D eigenvalue weighted by Crippen LogP contribution is -2.13. The Hall–Kier alpha value is -2.14. The molecule has 0 saturated heterocycles. The molecule has 0 heterocycles. The van der Waals surface area contributed by atoms with Gasteiger partial charge in [0.25, 0.3) is 0 Å². The van der Waals surface area contributed by atoms with E-state index in [2.05, 4.69) is 5.32 Å². The number of phenolic OH excluding ortho intramolecular Hbond substituents is 1. The number of anilines is 1. The highest BCUT2D eigenvalue weighted by Gasteiger charge is 2.04. The summed E-state index contributed by atoms with van der Waals surface area (Å²) in [7, 11) is 1.60. The largest absolute Gasteiger partial charge is 0.508 e. The predicted octanol–water partition coefficient (Wildman–Crippen LogP) is 3.13. The minimum absolute atomic E-state index is 0.0757. The Labute approximate surface area is 121 Å². The zero-order chi connectivity index (χ0) is 14.4. The van der Waals surface area contributed by atoms with Crippen LogP contribution in [-0.4, -0.2) is 23.9 Å². The third-order valence-corrected chi connectivity index (χ3v) is 3.59. The number of nitrogens with one attached hydrogen (secondary N) is 1. The van der Waals surface area contributed by atoms with Crippen LogP contribution >= 0.6 is 11.8 Å². The van der Waals surface area contributed by atoms with Gasteiger partial charge >= 0.3 is 0 Å². The number of carbonyl (C=O) groups is 1. The zero-order valence-electron chi connectivity index (χ0n) is 11.0. The van der Waals surface area contributed by atoms with Crippen molar-refractivity contribution in [3.63, 3.8) is 0 Å². The summed E-state index contributed by atoms with van der Waals surface area (Å²) in [6.45, 7) is 0. The second-order valence-corrected chi connectivity index (χ2v) is 5.11. The van der Waals surface area contributed by atoms with Crippen molar-refractivity contribution in [2.75, 3.05) is 18.2 Å². The van der Waals surface area contributed by atoms with Crippen LogP contribution in [0.15, 0.2) is 53.4 Å². The molecule has 4 nitrogen and oxygen atoms in total. The normalized spacial score (nSPS) is 10.1. The maximum Gasteiger partial charge on any atom is 0.234 e. The number of hydrogen-bond donors (Lipinski definition) is 2. The van der Waals surface area contributed by atoms with Crippen LogP contribution in [0.1, 0.15) is 0 Å². The predicted molar refractivity (Wildman–Crippen MR) is 80.5 cm³/mol. The molecule has 1 amide bonds. The molecule has 20 heavy (non-hydrogen) atoms. The van der Waals surface area contributed by atoms with Gasteiger partial charge in [-0.25, -0.2) is 0 Å². The van der Waals surface area contributed by atoms with E-state index in [-0.39, 0.29) is 11.7 Å². The van der Waals surface area contributed by atoms with Crippen LogP contribution in [0.4, 0.5) is 5.69 Å². The van der Waals surface area contributed by atoms with Gasteiger partial charge in [-0.15, -0.1) is 11.8 Å². The van der Waals surface area contributed by atoms with Crippen molar-refractivity contribution in [1.82, 2.24) is 0 Å². The van der Waals surface area contributed by atoms with Crippen molar-refractivity contribution in [3.05, 3.63) is 48.5 Å². The molecule has 2 aromatic rings. The molecule has 0 spiro atoms. The lowest BCUT2D eigenvalue weighted by molar-refractivity contribution is -0.113. The summed E-state index contributed by atoms with van der Waals surface area (Å²) in [6.07, 6.45) is 0. The van der Waals surface area contributed by atoms with Gasteiger partial charge in [-0.05, 0) is 48.5 Å². The molecular weight excluding hydrogens is 274 g/mol. The van der Waals surface area contributed by atoms with E-state index in [0.717, 1.165) is 16.3 Å². The minimum atomic E-state index is -0.0757. The van der Waals surface area contributed by atoms with E-state index in [1.165, 1.54) is 11.8 Å². The third-order valence-electron chi connectivity index (χ3n) is 2.58. The number of benzene rings is 2. The fraction of sp³-hybridized carbons (Fsp3) is 0.133. The summed E-state index contributed by atoms with van der Waals surface area (Å²) in [5.41, 5.74) is 0.738. The first-order valence-electron chi connectivity index (χ1n) is 6.03. The number of carbonyl (C=O) groups excluding carboxylic acids is 1. The van der Waals surface area contributed by atoms with Crippen LogP contribution < -0.4 is 10.1 Å². The van der Waals surface area contributed by atoms with Crippen LogP contribution in [0.5, 0.6) is 11.5 Å². The van der Waals surface area contributed by atoms with Crippen LogP contribution in [0.25, 0.3) is 0 Å². The van der Waals surface area contributed by atoms with Crippen molar-refractivity contribution in [1.29, 1.82) is 0 Å². The summed E-state index contributed by atoms with van der Waals surface area (Å²) in [4.78, 5) is 12.7. The molecule has 0 fully saturated rings. The molecule has 0 aliphatic heterocycles. The van der Waals surface area contributed by atoms with Crippen molar-refractivity contribution in [2.24, 2.45) is 0 Å². The van der Waals surface area contributed by atoms with Gasteiger partial charge in [-0.1, -0.05) is 0 Å². The molecule has 2 aromatic carbocycles. The van der Waals surface area contributed by atoms with Crippen LogP contribution in [-0.2, 0) is 4.79 Å². The Balaban J connectivity index is 1.84. The van der Waals surface area contributed by atoms with Gasteiger partial charge in [0.05, 0.1) is 12.9 Å². The van der Waals surface area contributed by atoms with Crippen LogP contribution in [0.2, 0.25) is 0 Å². The average molecular weight is 289 g/mol. The summed E-state index contributed by atoms with van der Waals surface area (Å²) in [6, 6.07) is 13.9. The number of ether oxygens (including phenoxy) is 1. The van der Waals surface area contributed by atoms with E-state index in [1.807, 2.05) is 0 Å².